The molecule has 2 aliphatic rings. The van der Waals surface area contributed by atoms with E-state index in [0.29, 0.717) is 45.9 Å². The number of hydrogen-bond donors (Lipinski definition) is 1. The van der Waals surface area contributed by atoms with Crippen LogP contribution in [-0.2, 0) is 14.8 Å². The molecule has 0 aromatic heterocycles. The first kappa shape index (κ1) is 21.4. The highest BCUT2D eigenvalue weighted by Crippen LogP contribution is 2.27. The van der Waals surface area contributed by atoms with Gasteiger partial charge in [-0.1, -0.05) is 18.6 Å². The van der Waals surface area contributed by atoms with E-state index in [1.807, 2.05) is 0 Å². The Kier molecular flexibility index (Phi) is 6.96. The number of urea groups is 1. The minimum absolute atomic E-state index is 0.111. The number of piperidine rings is 1. The highest BCUT2D eigenvalue weighted by atomic mass is 32.2. The van der Waals surface area contributed by atoms with Crippen molar-refractivity contribution in [3.8, 4) is 0 Å². The summed E-state index contributed by atoms with van der Waals surface area (Å²) < 4.78 is 32.6. The van der Waals surface area contributed by atoms with Gasteiger partial charge in [-0.05, 0) is 31.9 Å². The SMILES string of the molecule is CCOC(=O)N1CCN(C(=O)Nc2ccccc2S(=O)(=O)N2CCCCC2)CC1. The van der Waals surface area contributed by atoms with Crippen molar-refractivity contribution >= 4 is 27.8 Å². The molecule has 1 aromatic carbocycles. The number of benzene rings is 1. The largest absolute Gasteiger partial charge is 0.450 e. The van der Waals surface area contributed by atoms with E-state index in [4.69, 9.17) is 4.74 Å². The molecular formula is C19H28N4O5S. The van der Waals surface area contributed by atoms with Crippen LogP contribution in [0.2, 0.25) is 0 Å². The van der Waals surface area contributed by atoms with Gasteiger partial charge in [0.2, 0.25) is 10.0 Å². The van der Waals surface area contributed by atoms with Crippen LogP contribution in [0.15, 0.2) is 29.2 Å². The average molecular weight is 425 g/mol. The Bertz CT molecular complexity index is 831. The Morgan fingerprint density at radius 2 is 1.59 bits per heavy atom. The zero-order valence-electron chi connectivity index (χ0n) is 16.7. The number of nitrogens with zero attached hydrogens (tertiary/aromatic N) is 3. The van der Waals surface area contributed by atoms with Gasteiger partial charge in [0, 0.05) is 39.3 Å². The minimum Gasteiger partial charge on any atom is -0.450 e. The number of nitrogens with one attached hydrogen (secondary N) is 1. The van der Waals surface area contributed by atoms with Crippen molar-refractivity contribution in [2.45, 2.75) is 31.1 Å². The van der Waals surface area contributed by atoms with Crippen LogP contribution in [0.3, 0.4) is 0 Å². The number of hydrogen-bond acceptors (Lipinski definition) is 5. The number of piperazine rings is 1. The lowest BCUT2D eigenvalue weighted by Gasteiger charge is -2.34. The van der Waals surface area contributed by atoms with Gasteiger partial charge in [0.05, 0.1) is 12.3 Å². The lowest BCUT2D eigenvalue weighted by Crippen LogP contribution is -2.51. The molecule has 160 valence electrons. The van der Waals surface area contributed by atoms with Crippen molar-refractivity contribution in [2.75, 3.05) is 51.2 Å². The van der Waals surface area contributed by atoms with Crippen LogP contribution in [0, 0.1) is 0 Å². The van der Waals surface area contributed by atoms with Crippen LogP contribution < -0.4 is 5.32 Å². The summed E-state index contributed by atoms with van der Waals surface area (Å²) in [5.74, 6) is 0. The summed E-state index contributed by atoms with van der Waals surface area (Å²) in [5.41, 5.74) is 0.274. The third kappa shape index (κ3) is 4.99. The van der Waals surface area contributed by atoms with E-state index in [0.717, 1.165) is 19.3 Å². The lowest BCUT2D eigenvalue weighted by atomic mass is 10.2. The van der Waals surface area contributed by atoms with Crippen molar-refractivity contribution in [2.24, 2.45) is 0 Å². The second-order valence-corrected chi connectivity index (χ2v) is 8.97. The van der Waals surface area contributed by atoms with Crippen molar-refractivity contribution in [3.63, 3.8) is 0 Å². The molecule has 1 N–H and O–H groups in total. The average Bonchev–Trinajstić information content (AvgIpc) is 2.75. The Balaban J connectivity index is 1.67. The van der Waals surface area contributed by atoms with Gasteiger partial charge in [0.1, 0.15) is 4.90 Å². The van der Waals surface area contributed by atoms with Crippen molar-refractivity contribution in [1.29, 1.82) is 0 Å². The summed E-state index contributed by atoms with van der Waals surface area (Å²) >= 11 is 0. The summed E-state index contributed by atoms with van der Waals surface area (Å²) in [6.07, 6.45) is 2.34. The minimum atomic E-state index is -3.66. The van der Waals surface area contributed by atoms with Gasteiger partial charge in [0.25, 0.3) is 0 Å². The van der Waals surface area contributed by atoms with E-state index < -0.39 is 10.0 Å². The maximum atomic E-state index is 13.0. The molecular weight excluding hydrogens is 396 g/mol. The monoisotopic (exact) mass is 424 g/mol. The second-order valence-electron chi connectivity index (χ2n) is 7.06. The number of ether oxygens (including phenoxy) is 1. The van der Waals surface area contributed by atoms with Crippen molar-refractivity contribution in [1.82, 2.24) is 14.1 Å². The Hall–Kier alpha value is -2.33. The second kappa shape index (κ2) is 9.45. The van der Waals surface area contributed by atoms with Crippen LogP contribution in [0.4, 0.5) is 15.3 Å². The van der Waals surface area contributed by atoms with Gasteiger partial charge in [-0.2, -0.15) is 4.31 Å². The van der Waals surface area contributed by atoms with Crippen LogP contribution in [0.25, 0.3) is 0 Å². The number of carbonyl (C=O) groups excluding carboxylic acids is 2. The van der Waals surface area contributed by atoms with Gasteiger partial charge in [-0.25, -0.2) is 18.0 Å². The van der Waals surface area contributed by atoms with Crippen molar-refractivity contribution < 1.29 is 22.7 Å². The molecule has 0 radical (unpaired) electrons. The normalized spacial score (nSPS) is 18.4. The molecule has 0 atom stereocenters. The van der Waals surface area contributed by atoms with Crippen LogP contribution >= 0.6 is 0 Å². The standard InChI is InChI=1S/C19H28N4O5S/c1-2-28-19(25)22-14-12-21(13-15-22)18(24)20-16-8-4-5-9-17(16)29(26,27)23-10-6-3-7-11-23/h4-5,8-9H,2-3,6-7,10-15H2,1H3,(H,20,24). The molecule has 0 bridgehead atoms. The Labute approximate surface area is 171 Å². The van der Waals surface area contributed by atoms with E-state index in [9.17, 15) is 18.0 Å². The first-order valence-corrected chi connectivity index (χ1v) is 11.4. The Morgan fingerprint density at radius 3 is 2.24 bits per heavy atom. The van der Waals surface area contributed by atoms with Gasteiger partial charge >= 0.3 is 12.1 Å². The van der Waals surface area contributed by atoms with E-state index in [1.165, 1.54) is 10.4 Å². The highest BCUT2D eigenvalue weighted by molar-refractivity contribution is 7.89. The first-order chi connectivity index (χ1) is 13.9. The summed E-state index contributed by atoms with van der Waals surface area (Å²) in [6, 6.07) is 6.10. The predicted octanol–water partition coefficient (Wildman–Crippen LogP) is 2.17. The smallest absolute Gasteiger partial charge is 0.409 e. The summed E-state index contributed by atoms with van der Waals surface area (Å²) in [6.45, 7) is 4.51. The molecule has 0 unspecified atom stereocenters. The molecule has 3 amide bonds. The summed E-state index contributed by atoms with van der Waals surface area (Å²) in [7, 11) is -3.66. The molecule has 0 saturated carbocycles. The number of sulfonamides is 1. The predicted molar refractivity (Wildman–Crippen MR) is 108 cm³/mol. The lowest BCUT2D eigenvalue weighted by molar-refractivity contribution is 0.0868. The summed E-state index contributed by atoms with van der Waals surface area (Å²) in [4.78, 5) is 27.7. The molecule has 1 aromatic rings. The fraction of sp³-hybridized carbons (Fsp3) is 0.579. The number of amides is 3. The molecule has 2 aliphatic heterocycles. The third-order valence-corrected chi connectivity index (χ3v) is 7.11. The molecule has 2 heterocycles. The van der Waals surface area contributed by atoms with Gasteiger partial charge in [-0.15, -0.1) is 0 Å². The quantitative estimate of drug-likeness (QED) is 0.799. The zero-order valence-corrected chi connectivity index (χ0v) is 17.5. The number of rotatable bonds is 4. The molecule has 10 heteroatoms. The van der Waals surface area contributed by atoms with Crippen molar-refractivity contribution in [3.05, 3.63) is 24.3 Å². The number of carbonyl (C=O) groups is 2. The molecule has 2 saturated heterocycles. The van der Waals surface area contributed by atoms with E-state index >= 15 is 0 Å². The number of anilines is 1. The summed E-state index contributed by atoms with van der Waals surface area (Å²) in [5, 5.41) is 2.74. The molecule has 0 spiro atoms. The highest BCUT2D eigenvalue weighted by Gasteiger charge is 2.30. The fourth-order valence-corrected chi connectivity index (χ4v) is 5.20. The topological polar surface area (TPSA) is 99.3 Å². The van der Waals surface area contributed by atoms with E-state index in [2.05, 4.69) is 5.32 Å². The molecule has 9 nitrogen and oxygen atoms in total. The van der Waals surface area contributed by atoms with Crippen LogP contribution in [0.5, 0.6) is 0 Å². The van der Waals surface area contributed by atoms with E-state index in [-0.39, 0.29) is 22.7 Å². The fourth-order valence-electron chi connectivity index (χ4n) is 3.54. The first-order valence-electron chi connectivity index (χ1n) is 10.0. The maximum absolute atomic E-state index is 13.0. The Morgan fingerprint density at radius 1 is 0.966 bits per heavy atom. The molecule has 2 fully saturated rings. The van der Waals surface area contributed by atoms with Crippen LogP contribution in [0.1, 0.15) is 26.2 Å². The van der Waals surface area contributed by atoms with Gasteiger partial charge in [0.15, 0.2) is 0 Å². The van der Waals surface area contributed by atoms with Gasteiger partial charge in [-0.3, -0.25) is 0 Å². The molecule has 0 aliphatic carbocycles. The maximum Gasteiger partial charge on any atom is 0.409 e. The molecule has 29 heavy (non-hydrogen) atoms. The molecule has 3 rings (SSSR count). The third-order valence-electron chi connectivity index (χ3n) is 5.15. The van der Waals surface area contributed by atoms with Crippen LogP contribution in [-0.4, -0.2) is 80.5 Å². The zero-order chi connectivity index (χ0) is 20.9. The van der Waals surface area contributed by atoms with Gasteiger partial charge < -0.3 is 19.9 Å². The van der Waals surface area contributed by atoms with E-state index in [1.54, 1.807) is 34.9 Å². The number of para-hydroxylation sites is 1.